The van der Waals surface area contributed by atoms with Gasteiger partial charge in [0.1, 0.15) is 5.75 Å². The monoisotopic (exact) mass is 403 g/mol. The van der Waals surface area contributed by atoms with Crippen LogP contribution in [-0.2, 0) is 6.42 Å². The minimum Gasteiger partial charge on any atom is -0.494 e. The summed E-state index contributed by atoms with van der Waals surface area (Å²) in [5.74, 6) is 0.900. The summed E-state index contributed by atoms with van der Waals surface area (Å²) < 4.78 is 5.83. The molecule has 0 saturated carbocycles. The number of rotatable bonds is 13. The Morgan fingerprint density at radius 1 is 1.04 bits per heavy atom. The van der Waals surface area contributed by atoms with E-state index < -0.39 is 13.6 Å². The zero-order valence-electron chi connectivity index (χ0n) is 16.7. The summed E-state index contributed by atoms with van der Waals surface area (Å²) in [4.78, 5) is 0. The summed E-state index contributed by atoms with van der Waals surface area (Å²) >= 11 is 0. The highest BCUT2D eigenvalue weighted by atomic mass is 35.5. The Morgan fingerprint density at radius 2 is 1.65 bits per heavy atom. The fourth-order valence-corrected chi connectivity index (χ4v) is 5.86. The molecule has 4 N–H and O–H groups in total. The molecule has 0 fully saturated rings. The number of nitrogens with two attached hydrogens (primary N) is 1. The van der Waals surface area contributed by atoms with Crippen LogP contribution in [0.2, 0.25) is 25.2 Å². The molecule has 0 atom stereocenters. The third-order valence-corrected chi connectivity index (χ3v) is 8.47. The molecule has 0 aliphatic heterocycles. The van der Waals surface area contributed by atoms with Crippen molar-refractivity contribution in [1.29, 1.82) is 0 Å². The van der Waals surface area contributed by atoms with Crippen LogP contribution in [-0.4, -0.2) is 43.6 Å². The molecule has 6 heteroatoms. The molecule has 0 radical (unpaired) electrons. The zero-order chi connectivity index (χ0) is 18.8. The fourth-order valence-electron chi connectivity index (χ4n) is 3.05. The Hall–Kier alpha value is -0.593. The van der Waals surface area contributed by atoms with Gasteiger partial charge in [0.05, 0.1) is 25.4 Å². The Balaban J connectivity index is 0.00000625. The van der Waals surface area contributed by atoms with Gasteiger partial charge in [-0.15, -0.1) is 12.4 Å². The molecule has 1 rings (SSSR count). The van der Waals surface area contributed by atoms with Gasteiger partial charge in [-0.25, -0.2) is 0 Å². The molecule has 0 aromatic heterocycles. The molecular weight excluding hydrogens is 366 g/mol. The van der Waals surface area contributed by atoms with E-state index in [-0.39, 0.29) is 25.6 Å². The van der Waals surface area contributed by atoms with Crippen molar-refractivity contribution in [3.63, 3.8) is 0 Å². The smallest absolute Gasteiger partial charge is 0.119 e. The normalized spacial score (nSPS) is 11.9. The highest BCUT2D eigenvalue weighted by molar-refractivity contribution is 6.77. The van der Waals surface area contributed by atoms with Gasteiger partial charge in [-0.05, 0) is 37.0 Å². The molecule has 0 spiro atoms. The summed E-state index contributed by atoms with van der Waals surface area (Å²) in [6.45, 7) is 7.62. The van der Waals surface area contributed by atoms with Gasteiger partial charge < -0.3 is 20.7 Å². The van der Waals surface area contributed by atoms with E-state index in [1.165, 1.54) is 24.9 Å². The average Bonchev–Trinajstić information content (AvgIpc) is 2.60. The first-order chi connectivity index (χ1) is 11.8. The third kappa shape index (κ3) is 9.93. The SMILES string of the molecule is CCC[Si](C)(C)CCCCOc1ccc(CCC(N)(CO)CO)cc1.Cl. The molecule has 26 heavy (non-hydrogen) atoms. The second-order valence-corrected chi connectivity index (χ2v) is 13.4. The molecule has 0 heterocycles. The van der Waals surface area contributed by atoms with Crippen LogP contribution >= 0.6 is 12.4 Å². The molecule has 1 aromatic rings. The lowest BCUT2D eigenvalue weighted by Gasteiger charge is -2.24. The predicted molar refractivity (Wildman–Crippen MR) is 115 cm³/mol. The molecule has 4 nitrogen and oxygen atoms in total. The molecule has 152 valence electrons. The van der Waals surface area contributed by atoms with Crippen LogP contribution in [0.1, 0.15) is 38.2 Å². The summed E-state index contributed by atoms with van der Waals surface area (Å²) in [6.07, 6.45) is 4.97. The number of halogens is 1. The first-order valence-electron chi connectivity index (χ1n) is 9.56. The number of hydrogen-bond donors (Lipinski definition) is 3. The van der Waals surface area contributed by atoms with E-state index in [0.717, 1.165) is 30.8 Å². The topological polar surface area (TPSA) is 75.7 Å². The maximum Gasteiger partial charge on any atom is 0.119 e. The van der Waals surface area contributed by atoms with E-state index in [4.69, 9.17) is 10.5 Å². The summed E-state index contributed by atoms with van der Waals surface area (Å²) in [5, 5.41) is 18.5. The van der Waals surface area contributed by atoms with Gasteiger partial charge in [-0.3, -0.25) is 0 Å². The van der Waals surface area contributed by atoms with Crippen molar-refractivity contribution in [1.82, 2.24) is 0 Å². The Labute approximate surface area is 166 Å². The highest BCUT2D eigenvalue weighted by Gasteiger charge is 2.22. The van der Waals surface area contributed by atoms with Crippen LogP contribution in [0.3, 0.4) is 0 Å². The molecule has 0 amide bonds. The number of unbranched alkanes of at least 4 members (excludes halogenated alkanes) is 1. The minimum absolute atomic E-state index is 0. The highest BCUT2D eigenvalue weighted by Crippen LogP contribution is 2.21. The lowest BCUT2D eigenvalue weighted by molar-refractivity contribution is 0.115. The number of ether oxygens (including phenoxy) is 1. The lowest BCUT2D eigenvalue weighted by atomic mass is 9.94. The third-order valence-electron chi connectivity index (χ3n) is 4.91. The molecule has 0 unspecified atom stereocenters. The van der Waals surface area contributed by atoms with E-state index in [2.05, 4.69) is 20.0 Å². The molecule has 0 aliphatic rings. The predicted octanol–water partition coefficient (Wildman–Crippen LogP) is 4.00. The largest absolute Gasteiger partial charge is 0.494 e. The van der Waals surface area contributed by atoms with Gasteiger partial charge in [0, 0.05) is 8.07 Å². The van der Waals surface area contributed by atoms with Crippen molar-refractivity contribution >= 4 is 20.5 Å². The maximum atomic E-state index is 9.23. The Kier molecular flexibility index (Phi) is 12.4. The minimum atomic E-state index is -0.973. The lowest BCUT2D eigenvalue weighted by Crippen LogP contribution is -2.47. The van der Waals surface area contributed by atoms with E-state index in [9.17, 15) is 10.2 Å². The van der Waals surface area contributed by atoms with E-state index >= 15 is 0 Å². The first-order valence-corrected chi connectivity index (χ1v) is 13.0. The number of benzene rings is 1. The van der Waals surface area contributed by atoms with Gasteiger partial charge in [0.15, 0.2) is 0 Å². The first kappa shape index (κ1) is 25.4. The molecular formula is C20H38ClNO3Si. The Morgan fingerprint density at radius 3 is 2.19 bits per heavy atom. The average molecular weight is 404 g/mol. The number of aliphatic hydroxyl groups excluding tert-OH is 2. The van der Waals surface area contributed by atoms with Crippen molar-refractivity contribution in [2.24, 2.45) is 5.73 Å². The molecule has 0 aliphatic carbocycles. The van der Waals surface area contributed by atoms with Gasteiger partial charge in [-0.2, -0.15) is 0 Å². The van der Waals surface area contributed by atoms with Gasteiger partial charge in [0.2, 0.25) is 0 Å². The van der Waals surface area contributed by atoms with Crippen LogP contribution in [0.4, 0.5) is 0 Å². The Bertz CT molecular complexity index is 478. The van der Waals surface area contributed by atoms with Crippen LogP contribution < -0.4 is 10.5 Å². The van der Waals surface area contributed by atoms with Crippen molar-refractivity contribution < 1.29 is 14.9 Å². The van der Waals surface area contributed by atoms with Crippen LogP contribution in [0.5, 0.6) is 5.75 Å². The fraction of sp³-hybridized carbons (Fsp3) is 0.700. The second kappa shape index (κ2) is 12.7. The van der Waals surface area contributed by atoms with Crippen molar-refractivity contribution in [3.8, 4) is 5.75 Å². The van der Waals surface area contributed by atoms with E-state index in [1.807, 2.05) is 24.3 Å². The quantitative estimate of drug-likeness (QED) is 0.343. The number of aryl methyl sites for hydroxylation is 1. The standard InChI is InChI=1S/C20H37NO3Si.ClH/c1-4-14-25(2,3)15-6-5-13-24-19-9-7-18(8-10-19)11-12-20(21,16-22)17-23;/h7-10,22-23H,4-6,11-17,21H2,1-3H3;1H. The second-order valence-electron chi connectivity index (χ2n) is 8.04. The molecule has 1 aromatic carbocycles. The molecule has 0 saturated heterocycles. The van der Waals surface area contributed by atoms with Crippen molar-refractivity contribution in [2.75, 3.05) is 19.8 Å². The summed E-state index contributed by atoms with van der Waals surface area (Å²) in [6, 6.07) is 10.8. The molecule has 0 bridgehead atoms. The summed E-state index contributed by atoms with van der Waals surface area (Å²) in [7, 11) is -0.973. The van der Waals surface area contributed by atoms with E-state index in [1.54, 1.807) is 0 Å². The van der Waals surface area contributed by atoms with Gasteiger partial charge in [-0.1, -0.05) is 57.1 Å². The van der Waals surface area contributed by atoms with Crippen molar-refractivity contribution in [2.45, 2.75) is 69.7 Å². The van der Waals surface area contributed by atoms with Crippen LogP contribution in [0.15, 0.2) is 24.3 Å². The number of aliphatic hydroxyl groups is 2. The zero-order valence-corrected chi connectivity index (χ0v) is 18.5. The van der Waals surface area contributed by atoms with Crippen LogP contribution in [0, 0.1) is 0 Å². The van der Waals surface area contributed by atoms with Crippen molar-refractivity contribution in [3.05, 3.63) is 29.8 Å². The number of hydrogen-bond acceptors (Lipinski definition) is 4. The van der Waals surface area contributed by atoms with E-state index in [0.29, 0.717) is 6.42 Å². The van der Waals surface area contributed by atoms with Gasteiger partial charge in [0.25, 0.3) is 0 Å². The maximum absolute atomic E-state index is 9.23. The summed E-state index contributed by atoms with van der Waals surface area (Å²) in [5.41, 5.74) is 6.13. The van der Waals surface area contributed by atoms with Crippen LogP contribution in [0.25, 0.3) is 0 Å². The van der Waals surface area contributed by atoms with Gasteiger partial charge >= 0.3 is 0 Å².